The minimum absolute atomic E-state index is 0.270. The van der Waals surface area contributed by atoms with Crippen LogP contribution in [0.5, 0.6) is 0 Å². The summed E-state index contributed by atoms with van der Waals surface area (Å²) in [6.45, 7) is 3.51. The number of hydrogen-bond acceptors (Lipinski definition) is 3. The zero-order chi connectivity index (χ0) is 13.7. The van der Waals surface area contributed by atoms with E-state index in [4.69, 9.17) is 11.6 Å². The lowest BCUT2D eigenvalue weighted by molar-refractivity contribution is -0.144. The Morgan fingerprint density at radius 1 is 1.39 bits per heavy atom. The molecular weight excluding hydrogens is 272 g/mol. The predicted molar refractivity (Wildman–Crippen MR) is 73.9 cm³/mol. The number of rotatable bonds is 5. The van der Waals surface area contributed by atoms with Crippen molar-refractivity contribution in [2.24, 2.45) is 5.92 Å². The average Bonchev–Trinajstić information content (AvgIpc) is 2.38. The number of halogens is 1. The second-order valence-electron chi connectivity index (χ2n) is 4.13. The Balaban J connectivity index is 2.71. The largest absolute Gasteiger partial charge is 0.469 e. The Kier molecular flexibility index (Phi) is 5.82. The van der Waals surface area contributed by atoms with Crippen LogP contribution in [0.4, 0.5) is 0 Å². The lowest BCUT2D eigenvalue weighted by atomic mass is 10.1. The van der Waals surface area contributed by atoms with Gasteiger partial charge in [0, 0.05) is 21.1 Å². The van der Waals surface area contributed by atoms with E-state index < -0.39 is 16.7 Å². The van der Waals surface area contributed by atoms with Crippen molar-refractivity contribution in [3.63, 3.8) is 0 Å². The number of hydrogen-bond donors (Lipinski definition) is 0. The molecule has 3 atom stereocenters. The molecule has 1 rings (SSSR count). The fourth-order valence-corrected chi connectivity index (χ4v) is 3.17. The smallest absolute Gasteiger partial charge is 0.309 e. The van der Waals surface area contributed by atoms with E-state index in [0.29, 0.717) is 10.8 Å². The topological polar surface area (TPSA) is 43.4 Å². The van der Waals surface area contributed by atoms with Crippen molar-refractivity contribution in [1.29, 1.82) is 0 Å². The van der Waals surface area contributed by atoms with Crippen molar-refractivity contribution >= 4 is 28.4 Å². The first kappa shape index (κ1) is 15.2. The highest BCUT2D eigenvalue weighted by Gasteiger charge is 2.26. The third kappa shape index (κ3) is 3.82. The van der Waals surface area contributed by atoms with E-state index in [1.807, 2.05) is 18.2 Å². The molecule has 0 N–H and O–H groups in total. The van der Waals surface area contributed by atoms with Gasteiger partial charge in [-0.3, -0.25) is 9.00 Å². The second-order valence-corrected chi connectivity index (χ2v) is 6.33. The van der Waals surface area contributed by atoms with Gasteiger partial charge in [-0.05, 0) is 18.6 Å². The van der Waals surface area contributed by atoms with Crippen molar-refractivity contribution in [2.75, 3.05) is 7.11 Å². The van der Waals surface area contributed by atoms with E-state index in [1.165, 1.54) is 7.11 Å². The van der Waals surface area contributed by atoms with Gasteiger partial charge in [0.05, 0.1) is 18.8 Å². The van der Waals surface area contributed by atoms with Gasteiger partial charge in [0.1, 0.15) is 0 Å². The molecule has 0 saturated heterocycles. The van der Waals surface area contributed by atoms with Gasteiger partial charge in [0.15, 0.2) is 0 Å². The van der Waals surface area contributed by atoms with Crippen molar-refractivity contribution in [3.8, 4) is 0 Å². The van der Waals surface area contributed by atoms with Crippen LogP contribution in [0.3, 0.4) is 0 Å². The maximum Gasteiger partial charge on any atom is 0.309 e. The first-order valence-corrected chi connectivity index (χ1v) is 7.41. The molecule has 100 valence electrons. The van der Waals surface area contributed by atoms with Crippen LogP contribution < -0.4 is 0 Å². The summed E-state index contributed by atoms with van der Waals surface area (Å²) in [6.07, 6.45) is 0. The number of ether oxygens (including phenoxy) is 1. The summed E-state index contributed by atoms with van der Waals surface area (Å²) in [5.41, 5.74) is 0.835. The maximum atomic E-state index is 12.2. The van der Waals surface area contributed by atoms with E-state index >= 15 is 0 Å². The zero-order valence-electron chi connectivity index (χ0n) is 10.7. The van der Waals surface area contributed by atoms with Gasteiger partial charge < -0.3 is 4.74 Å². The Hall–Kier alpha value is -0.870. The summed E-state index contributed by atoms with van der Waals surface area (Å²) in [5, 5.41) is 0.331. The monoisotopic (exact) mass is 288 g/mol. The number of carbonyl (C=O) groups excluding carboxylic acids is 1. The Morgan fingerprint density at radius 2 is 2.00 bits per heavy atom. The van der Waals surface area contributed by atoms with Crippen LogP contribution in [0.25, 0.3) is 0 Å². The highest BCUT2D eigenvalue weighted by atomic mass is 35.5. The molecule has 1 aromatic carbocycles. The van der Waals surface area contributed by atoms with Gasteiger partial charge in [0.25, 0.3) is 0 Å². The van der Waals surface area contributed by atoms with Crippen molar-refractivity contribution in [3.05, 3.63) is 34.9 Å². The molecule has 0 aromatic heterocycles. The fraction of sp³-hybridized carbons (Fsp3) is 0.462. The molecule has 0 amide bonds. The molecule has 0 fully saturated rings. The van der Waals surface area contributed by atoms with E-state index in [1.54, 1.807) is 19.9 Å². The summed E-state index contributed by atoms with van der Waals surface area (Å²) in [5.74, 6) is -0.379. The molecule has 0 aliphatic rings. The van der Waals surface area contributed by atoms with E-state index in [-0.39, 0.29) is 11.2 Å². The highest BCUT2D eigenvalue weighted by molar-refractivity contribution is 7.84. The number of esters is 1. The third-order valence-corrected chi connectivity index (χ3v) is 5.15. The van der Waals surface area contributed by atoms with Gasteiger partial charge in [-0.25, -0.2) is 0 Å². The maximum absolute atomic E-state index is 12.2. The molecule has 3 unspecified atom stereocenters. The summed E-state index contributed by atoms with van der Waals surface area (Å²) >= 11 is 6.02. The molecule has 3 nitrogen and oxygen atoms in total. The van der Waals surface area contributed by atoms with E-state index in [0.717, 1.165) is 5.56 Å². The van der Waals surface area contributed by atoms with Gasteiger partial charge in [-0.1, -0.05) is 36.7 Å². The van der Waals surface area contributed by atoms with Gasteiger partial charge in [-0.15, -0.1) is 0 Å². The molecule has 0 saturated carbocycles. The van der Waals surface area contributed by atoms with Crippen LogP contribution in [-0.4, -0.2) is 22.5 Å². The quantitative estimate of drug-likeness (QED) is 0.783. The minimum atomic E-state index is -1.16. The molecular formula is C13H17ClO3S. The average molecular weight is 289 g/mol. The summed E-state index contributed by atoms with van der Waals surface area (Å²) < 4.78 is 16.8. The summed E-state index contributed by atoms with van der Waals surface area (Å²) in [6, 6.07) is 7.29. The normalized spacial score (nSPS) is 15.8. The molecule has 18 heavy (non-hydrogen) atoms. The summed E-state index contributed by atoms with van der Waals surface area (Å²) in [7, 11) is 0.172. The highest BCUT2D eigenvalue weighted by Crippen LogP contribution is 2.20. The van der Waals surface area contributed by atoms with Crippen molar-refractivity contribution < 1.29 is 13.7 Å². The first-order valence-electron chi connectivity index (χ1n) is 5.65. The standard InChI is InChI=1S/C13H17ClO3S/c1-9(13(15)17-3)10(2)18(16)8-11-6-4-5-7-12(11)14/h4-7,9-10H,8H2,1-3H3. The minimum Gasteiger partial charge on any atom is -0.469 e. The lowest BCUT2D eigenvalue weighted by Crippen LogP contribution is -2.28. The van der Waals surface area contributed by atoms with Crippen LogP contribution >= 0.6 is 11.6 Å². The molecule has 0 radical (unpaired) electrons. The van der Waals surface area contributed by atoms with Crippen molar-refractivity contribution in [2.45, 2.75) is 24.9 Å². The van der Waals surface area contributed by atoms with Crippen molar-refractivity contribution in [1.82, 2.24) is 0 Å². The third-order valence-electron chi connectivity index (χ3n) is 2.95. The molecule has 5 heteroatoms. The molecule has 0 heterocycles. The Labute approximate surface area is 115 Å². The Morgan fingerprint density at radius 3 is 2.56 bits per heavy atom. The van der Waals surface area contributed by atoms with Gasteiger partial charge in [-0.2, -0.15) is 0 Å². The van der Waals surface area contributed by atoms with Crippen LogP contribution in [-0.2, 0) is 26.1 Å². The van der Waals surface area contributed by atoms with E-state index in [2.05, 4.69) is 4.74 Å². The molecule has 0 aliphatic heterocycles. The predicted octanol–water partition coefficient (Wildman–Crippen LogP) is 2.79. The molecule has 0 bridgehead atoms. The number of carbonyl (C=O) groups is 1. The van der Waals surface area contributed by atoms with Crippen LogP contribution in [0.1, 0.15) is 19.4 Å². The number of benzene rings is 1. The fourth-order valence-electron chi connectivity index (χ4n) is 1.51. The first-order chi connectivity index (χ1) is 8.47. The van der Waals surface area contributed by atoms with Crippen LogP contribution in [0.2, 0.25) is 5.02 Å². The second kappa shape index (κ2) is 6.90. The zero-order valence-corrected chi connectivity index (χ0v) is 12.3. The molecule has 1 aromatic rings. The van der Waals surface area contributed by atoms with Gasteiger partial charge in [0.2, 0.25) is 0 Å². The van der Waals surface area contributed by atoms with Crippen LogP contribution in [0, 0.1) is 5.92 Å². The number of methoxy groups -OCH3 is 1. The van der Waals surface area contributed by atoms with E-state index in [9.17, 15) is 9.00 Å². The van der Waals surface area contributed by atoms with Crippen LogP contribution in [0.15, 0.2) is 24.3 Å². The lowest BCUT2D eigenvalue weighted by Gasteiger charge is -2.17. The Bertz CT molecular complexity index is 448. The molecule has 0 aliphatic carbocycles. The molecule has 0 spiro atoms. The van der Waals surface area contributed by atoms with Gasteiger partial charge >= 0.3 is 5.97 Å². The SMILES string of the molecule is COC(=O)C(C)C(C)S(=O)Cc1ccccc1Cl. The summed E-state index contributed by atoms with van der Waals surface area (Å²) in [4.78, 5) is 11.4.